The Morgan fingerprint density at radius 3 is 2.60 bits per heavy atom. The zero-order valence-electron chi connectivity index (χ0n) is 25.1. The molecule has 3 amide bonds. The van der Waals surface area contributed by atoms with Gasteiger partial charge in [-0.05, 0) is 45.0 Å². The lowest BCUT2D eigenvalue weighted by Crippen LogP contribution is -2.59. The van der Waals surface area contributed by atoms with Gasteiger partial charge >= 0.3 is 6.09 Å². The molecule has 0 saturated carbocycles. The summed E-state index contributed by atoms with van der Waals surface area (Å²) in [7, 11) is 2.17. The van der Waals surface area contributed by atoms with Crippen molar-refractivity contribution in [3.05, 3.63) is 36.0 Å². The number of nitriles is 1. The van der Waals surface area contributed by atoms with E-state index in [4.69, 9.17) is 14.7 Å². The second kappa shape index (κ2) is 12.7. The van der Waals surface area contributed by atoms with Crippen LogP contribution in [0.4, 0.5) is 13.6 Å². The molecule has 0 bridgehead atoms. The molecule has 2 aromatic rings. The van der Waals surface area contributed by atoms with Gasteiger partial charge in [-0.3, -0.25) is 19.5 Å². The Morgan fingerprint density at radius 1 is 1.21 bits per heavy atom. The standard InChI is InChI=1S/C30H38F2N6O5/c1-29(2,3)43-28(41)36-10-13-38(4,14-11-36)12-5-15-42-22-6-7-25-24(16-22)23(8-9-34-25)27(40)35-19-26(39)37-20-30(31,32)17-21(37)18-33/h6-9,16,21H,5,10-15,17,19-20H2,1-4H3/p+1/t21-/m0/s1. The predicted octanol–water partition coefficient (Wildman–Crippen LogP) is 3.19. The van der Waals surface area contributed by atoms with Crippen molar-refractivity contribution in [3.8, 4) is 11.8 Å². The fourth-order valence-electron chi connectivity index (χ4n) is 5.28. The molecule has 1 aromatic carbocycles. The van der Waals surface area contributed by atoms with E-state index in [1.54, 1.807) is 29.2 Å². The number of carbonyl (C=O) groups is 3. The quantitative estimate of drug-likeness (QED) is 0.364. The molecule has 2 aliphatic heterocycles. The van der Waals surface area contributed by atoms with Crippen LogP contribution in [0.25, 0.3) is 10.9 Å². The van der Waals surface area contributed by atoms with Crippen molar-refractivity contribution in [2.24, 2.45) is 0 Å². The number of hydrogen-bond donors (Lipinski definition) is 1. The van der Waals surface area contributed by atoms with Gasteiger partial charge in [0.15, 0.2) is 0 Å². The molecule has 3 heterocycles. The van der Waals surface area contributed by atoms with Crippen LogP contribution in [0.3, 0.4) is 0 Å². The van der Waals surface area contributed by atoms with E-state index in [0.29, 0.717) is 36.3 Å². The van der Waals surface area contributed by atoms with E-state index >= 15 is 0 Å². The van der Waals surface area contributed by atoms with Gasteiger partial charge in [0.2, 0.25) is 5.91 Å². The van der Waals surface area contributed by atoms with Crippen LogP contribution in [0, 0.1) is 11.3 Å². The first-order chi connectivity index (χ1) is 20.2. The number of fused-ring (bicyclic) bond motifs is 1. The highest BCUT2D eigenvalue weighted by Crippen LogP contribution is 2.31. The number of hydrogen-bond acceptors (Lipinski definition) is 7. The average molecular weight is 602 g/mol. The van der Waals surface area contributed by atoms with Crippen molar-refractivity contribution in [1.82, 2.24) is 20.1 Å². The number of rotatable bonds is 8. The molecule has 2 saturated heterocycles. The van der Waals surface area contributed by atoms with Crippen molar-refractivity contribution in [2.45, 2.75) is 51.2 Å². The SMILES string of the molecule is CC(C)(C)OC(=O)N1CC[N+](C)(CCCOc2ccc3nccc(C(=O)NCC(=O)N4CC(F)(F)C[C@H]4C#N)c3c2)CC1. The van der Waals surface area contributed by atoms with Gasteiger partial charge in [0.25, 0.3) is 11.8 Å². The molecule has 4 rings (SSSR count). The summed E-state index contributed by atoms with van der Waals surface area (Å²) < 4.78 is 39.7. The summed E-state index contributed by atoms with van der Waals surface area (Å²) in [5, 5.41) is 12.1. The van der Waals surface area contributed by atoms with Gasteiger partial charge < -0.3 is 24.2 Å². The topological polar surface area (TPSA) is 125 Å². The van der Waals surface area contributed by atoms with E-state index in [0.717, 1.165) is 35.4 Å². The van der Waals surface area contributed by atoms with Crippen LogP contribution < -0.4 is 10.1 Å². The maximum atomic E-state index is 13.7. The number of amides is 3. The van der Waals surface area contributed by atoms with Gasteiger partial charge in [0.05, 0.1) is 76.6 Å². The van der Waals surface area contributed by atoms with Crippen molar-refractivity contribution in [3.63, 3.8) is 0 Å². The zero-order valence-corrected chi connectivity index (χ0v) is 25.1. The largest absolute Gasteiger partial charge is 0.493 e. The van der Waals surface area contributed by atoms with E-state index < -0.39 is 48.9 Å². The molecule has 0 unspecified atom stereocenters. The third-order valence-electron chi connectivity index (χ3n) is 7.68. The minimum absolute atomic E-state index is 0.257. The normalized spacial score (nSPS) is 19.5. The van der Waals surface area contributed by atoms with E-state index in [9.17, 15) is 23.2 Å². The molecule has 0 spiro atoms. The maximum absolute atomic E-state index is 13.7. The number of benzene rings is 1. The number of likely N-dealkylation sites (N-methyl/N-ethyl adjacent to an activating group) is 1. The monoisotopic (exact) mass is 601 g/mol. The first kappa shape index (κ1) is 31.9. The Morgan fingerprint density at radius 2 is 1.93 bits per heavy atom. The lowest BCUT2D eigenvalue weighted by Gasteiger charge is -2.42. The summed E-state index contributed by atoms with van der Waals surface area (Å²) in [5.41, 5.74) is 0.287. The molecule has 2 fully saturated rings. The molecule has 1 N–H and O–H groups in total. The van der Waals surface area contributed by atoms with Crippen LogP contribution in [-0.4, -0.2) is 114 Å². The molecule has 2 aliphatic rings. The van der Waals surface area contributed by atoms with Gasteiger partial charge in [0, 0.05) is 24.4 Å². The second-order valence-corrected chi connectivity index (χ2v) is 12.4. The van der Waals surface area contributed by atoms with E-state index in [1.165, 1.54) is 12.3 Å². The predicted molar refractivity (Wildman–Crippen MR) is 153 cm³/mol. The molecule has 0 radical (unpaired) electrons. The minimum atomic E-state index is -3.13. The second-order valence-electron chi connectivity index (χ2n) is 12.4. The fraction of sp³-hybridized carbons (Fsp3) is 0.567. The number of aromatic nitrogens is 1. The number of likely N-dealkylation sites (tertiary alicyclic amines) is 1. The molecule has 11 nitrogen and oxygen atoms in total. The van der Waals surface area contributed by atoms with Gasteiger partial charge in [0.1, 0.15) is 17.4 Å². The molecule has 0 aliphatic carbocycles. The summed E-state index contributed by atoms with van der Waals surface area (Å²) in [6.07, 6.45) is 1.25. The Kier molecular flexibility index (Phi) is 9.39. The Bertz CT molecular complexity index is 1400. The lowest BCUT2D eigenvalue weighted by molar-refractivity contribution is -0.913. The fourth-order valence-corrected chi connectivity index (χ4v) is 5.28. The molecular weight excluding hydrogens is 562 g/mol. The van der Waals surface area contributed by atoms with Crippen LogP contribution in [0.15, 0.2) is 30.5 Å². The van der Waals surface area contributed by atoms with Crippen molar-refractivity contribution < 1.29 is 37.1 Å². The Balaban J connectivity index is 1.29. The minimum Gasteiger partial charge on any atom is -0.493 e. The van der Waals surface area contributed by atoms with Crippen molar-refractivity contribution in [1.29, 1.82) is 5.26 Å². The van der Waals surface area contributed by atoms with Gasteiger partial charge in [-0.2, -0.15) is 5.26 Å². The number of pyridine rings is 1. The van der Waals surface area contributed by atoms with Gasteiger partial charge in [-0.1, -0.05) is 0 Å². The number of carbonyl (C=O) groups excluding carboxylic acids is 3. The van der Waals surface area contributed by atoms with Crippen molar-refractivity contribution in [2.75, 3.05) is 59.5 Å². The van der Waals surface area contributed by atoms with Crippen LogP contribution in [-0.2, 0) is 9.53 Å². The van der Waals surface area contributed by atoms with E-state index in [1.807, 2.05) is 20.8 Å². The highest BCUT2D eigenvalue weighted by molar-refractivity contribution is 6.07. The smallest absolute Gasteiger partial charge is 0.410 e. The molecule has 1 aromatic heterocycles. The summed E-state index contributed by atoms with van der Waals surface area (Å²) in [6.45, 7) is 8.42. The van der Waals surface area contributed by atoms with E-state index in [2.05, 4.69) is 17.3 Å². The zero-order chi connectivity index (χ0) is 31.4. The van der Waals surface area contributed by atoms with E-state index in [-0.39, 0.29) is 11.7 Å². The third kappa shape index (κ3) is 8.28. The van der Waals surface area contributed by atoms with Gasteiger partial charge in [-0.25, -0.2) is 13.6 Å². The highest BCUT2D eigenvalue weighted by atomic mass is 19.3. The summed E-state index contributed by atoms with van der Waals surface area (Å²) >= 11 is 0. The lowest BCUT2D eigenvalue weighted by atomic mass is 10.1. The van der Waals surface area contributed by atoms with Crippen LogP contribution in [0.1, 0.15) is 44.0 Å². The molecule has 43 heavy (non-hydrogen) atoms. The molecule has 232 valence electrons. The molecule has 13 heteroatoms. The first-order valence-electron chi connectivity index (χ1n) is 14.4. The summed E-state index contributed by atoms with van der Waals surface area (Å²) in [6, 6.07) is 7.22. The summed E-state index contributed by atoms with van der Waals surface area (Å²) in [5.74, 6) is -3.89. The number of piperazine rings is 1. The number of ether oxygens (including phenoxy) is 2. The van der Waals surface area contributed by atoms with Crippen molar-refractivity contribution >= 4 is 28.8 Å². The Hall–Kier alpha value is -4.05. The number of alkyl halides is 2. The summed E-state index contributed by atoms with van der Waals surface area (Å²) in [4.78, 5) is 44.7. The van der Waals surface area contributed by atoms with Crippen LogP contribution in [0.5, 0.6) is 5.75 Å². The number of nitrogens with zero attached hydrogens (tertiary/aromatic N) is 5. The van der Waals surface area contributed by atoms with Gasteiger partial charge in [-0.15, -0.1) is 0 Å². The first-order valence-corrected chi connectivity index (χ1v) is 14.4. The van der Waals surface area contributed by atoms with Crippen LogP contribution >= 0.6 is 0 Å². The van der Waals surface area contributed by atoms with Crippen LogP contribution in [0.2, 0.25) is 0 Å². The highest BCUT2D eigenvalue weighted by Gasteiger charge is 2.47. The molecular formula is C30H39F2N6O5+. The molecule has 1 atom stereocenters. The number of nitrogens with one attached hydrogen (secondary N) is 1. The maximum Gasteiger partial charge on any atom is 0.410 e. The Labute approximate surface area is 249 Å². The number of halogens is 2. The third-order valence-corrected chi connectivity index (χ3v) is 7.68. The number of quaternary nitrogens is 1. The average Bonchev–Trinajstić information content (AvgIpc) is 3.27.